The van der Waals surface area contributed by atoms with Crippen LogP contribution in [-0.4, -0.2) is 128 Å². The van der Waals surface area contributed by atoms with Gasteiger partial charge in [0.15, 0.2) is 0 Å². The predicted molar refractivity (Wildman–Crippen MR) is 193 cm³/mol. The van der Waals surface area contributed by atoms with Gasteiger partial charge in [0.25, 0.3) is 11.9 Å². The number of aromatic amines is 2. The summed E-state index contributed by atoms with van der Waals surface area (Å²) in [5.41, 5.74) is 22.4. The molecule has 1 radical (unpaired) electrons. The topological polar surface area (TPSA) is 433 Å². The molecule has 25 heteroatoms. The summed E-state index contributed by atoms with van der Waals surface area (Å²) < 4.78 is 0. The first kappa shape index (κ1) is 55.9. The second-order valence-electron chi connectivity index (χ2n) is 11.6. The van der Waals surface area contributed by atoms with Crippen molar-refractivity contribution in [2.75, 3.05) is 26.2 Å². The second-order valence-corrected chi connectivity index (χ2v) is 11.6. The molecule has 0 aliphatic heterocycles. The minimum absolute atomic E-state index is 0. The van der Waals surface area contributed by atoms with E-state index in [-0.39, 0.29) is 55.8 Å². The Hall–Kier alpha value is -5.46. The van der Waals surface area contributed by atoms with E-state index >= 15 is 0 Å². The summed E-state index contributed by atoms with van der Waals surface area (Å²) in [6.07, 6.45) is 8.89. The van der Waals surface area contributed by atoms with Crippen molar-refractivity contribution in [3.05, 3.63) is 36.4 Å². The molecule has 0 aromatic carbocycles. The average molecular weight is 862 g/mol. The molecule has 0 fully saturated rings. The summed E-state index contributed by atoms with van der Waals surface area (Å²) in [5, 5.41) is 46.9. The van der Waals surface area contributed by atoms with Gasteiger partial charge in [0, 0.05) is 50.5 Å². The van der Waals surface area contributed by atoms with Crippen LogP contribution in [-0.2, 0) is 68.3 Å². The van der Waals surface area contributed by atoms with Gasteiger partial charge in [0.05, 0.1) is 49.8 Å². The van der Waals surface area contributed by atoms with Crippen LogP contribution in [0.4, 0.5) is 0 Å². The van der Waals surface area contributed by atoms with Crippen LogP contribution in [0.25, 0.3) is 0 Å². The van der Waals surface area contributed by atoms with Crippen LogP contribution in [0.3, 0.4) is 0 Å². The Morgan fingerprint density at radius 3 is 1.16 bits per heavy atom. The zero-order valence-electron chi connectivity index (χ0n) is 31.6. The summed E-state index contributed by atoms with van der Waals surface area (Å²) in [6.45, 7) is 2.46. The van der Waals surface area contributed by atoms with Gasteiger partial charge in [-0.3, -0.25) is 28.8 Å². The Labute approximate surface area is 338 Å². The number of hydrogen-bond donors (Lipinski definition) is 12. The summed E-state index contributed by atoms with van der Waals surface area (Å²) >= 11 is 0. The fourth-order valence-corrected chi connectivity index (χ4v) is 4.19. The molecule has 0 saturated heterocycles. The van der Waals surface area contributed by atoms with Gasteiger partial charge in [-0.05, 0) is 51.6 Å². The standard InChI is InChI=1S/2C14H24N6O4.2C2H4O2.Cu/c2*15-4-2-1-3-10(14(23)24)20-13(22)11(19-12(21)6-16)5-9-7-17-8-18-9;2*1-2(3)4;/h2*7-8,10-11H,1-6,15-16H2,(H,17,18)(H,19,21)(H,20,22)(H,23,24);2*1H3,(H,3,4);/q;;;;+2/p-2/t10?,11-;10-,11-;;;/m00.../s1. The molecule has 4 atom stereocenters. The largest absolute Gasteiger partial charge is 2.00 e. The van der Waals surface area contributed by atoms with E-state index in [1.807, 2.05) is 0 Å². The summed E-state index contributed by atoms with van der Waals surface area (Å²) in [4.78, 5) is 101. The van der Waals surface area contributed by atoms with Crippen molar-refractivity contribution in [3.63, 3.8) is 0 Å². The van der Waals surface area contributed by atoms with E-state index in [0.29, 0.717) is 50.2 Å². The van der Waals surface area contributed by atoms with Gasteiger partial charge in [-0.25, -0.2) is 9.97 Å². The van der Waals surface area contributed by atoms with Gasteiger partial charge in [-0.2, -0.15) is 0 Å². The number of imidazole rings is 2. The van der Waals surface area contributed by atoms with Crippen LogP contribution < -0.4 is 54.4 Å². The molecule has 2 aromatic rings. The van der Waals surface area contributed by atoms with Crippen molar-refractivity contribution in [3.8, 4) is 0 Å². The van der Waals surface area contributed by atoms with E-state index in [2.05, 4.69) is 41.2 Å². The van der Waals surface area contributed by atoms with E-state index < -0.39 is 71.7 Å². The molecule has 0 aliphatic rings. The maximum absolute atomic E-state index is 12.4. The van der Waals surface area contributed by atoms with Crippen molar-refractivity contribution in [1.82, 2.24) is 41.2 Å². The molecule has 0 bridgehead atoms. The minimum atomic E-state index is -1.38. The molecule has 16 N–H and O–H groups in total. The molecule has 4 amide bonds. The van der Waals surface area contributed by atoms with Crippen LogP contribution in [0.2, 0.25) is 0 Å². The predicted octanol–water partition coefficient (Wildman–Crippen LogP) is -6.30. The van der Waals surface area contributed by atoms with Gasteiger partial charge < -0.3 is 84.2 Å². The first-order valence-electron chi connectivity index (χ1n) is 17.2. The van der Waals surface area contributed by atoms with Gasteiger partial charge in [0.1, 0.15) is 12.1 Å². The number of aliphatic carboxylic acids is 4. The third-order valence-corrected chi connectivity index (χ3v) is 6.73. The number of amides is 4. The number of aromatic nitrogens is 4. The SMILES string of the molecule is CC(=O)O.CC(=O)O.NCCCCC(NC(=O)[C@H](Cc1cnc[nH]1)NC(=O)CN)C(=O)[O-].NCCCC[C@H](NC(=O)[C@H](Cc1cnc[nH]1)NC(=O)CN)C(=O)[O-].[Cu+2]. The van der Waals surface area contributed by atoms with E-state index in [4.69, 9.17) is 42.7 Å². The normalized spacial score (nSPS) is 11.9. The number of carbonyl (C=O) groups excluding carboxylic acids is 6. The van der Waals surface area contributed by atoms with Gasteiger partial charge in [-0.15, -0.1) is 0 Å². The number of H-pyrrole nitrogens is 2. The number of carboxylic acid groups (broad SMARTS) is 4. The molecular formula is C32H54CuN12O12. The monoisotopic (exact) mass is 861 g/mol. The summed E-state index contributed by atoms with van der Waals surface area (Å²) in [5.74, 6) is -6.75. The molecule has 2 aromatic heterocycles. The van der Waals surface area contributed by atoms with Crippen molar-refractivity contribution in [2.45, 2.75) is 89.4 Å². The number of rotatable bonds is 22. The average Bonchev–Trinajstić information content (AvgIpc) is 3.84. The number of carboxylic acids is 4. The van der Waals surface area contributed by atoms with E-state index in [9.17, 15) is 39.0 Å². The Morgan fingerprint density at radius 2 is 0.930 bits per heavy atom. The Morgan fingerprint density at radius 1 is 0.614 bits per heavy atom. The van der Waals surface area contributed by atoms with Crippen LogP contribution in [0.5, 0.6) is 0 Å². The third-order valence-electron chi connectivity index (χ3n) is 6.73. The van der Waals surface area contributed by atoms with E-state index in [1.165, 1.54) is 25.0 Å². The maximum atomic E-state index is 12.4. The quantitative estimate of drug-likeness (QED) is 0.0387. The summed E-state index contributed by atoms with van der Waals surface area (Å²) in [7, 11) is 0. The summed E-state index contributed by atoms with van der Waals surface area (Å²) in [6, 6.07) is -4.25. The van der Waals surface area contributed by atoms with Crippen LogP contribution >= 0.6 is 0 Å². The Bertz CT molecular complexity index is 1350. The van der Waals surface area contributed by atoms with Gasteiger partial charge in [0.2, 0.25) is 23.6 Å². The fraction of sp³-hybridized carbons (Fsp3) is 0.562. The van der Waals surface area contributed by atoms with Crippen molar-refractivity contribution in [2.24, 2.45) is 22.9 Å². The van der Waals surface area contributed by atoms with Crippen LogP contribution in [0.15, 0.2) is 25.0 Å². The zero-order chi connectivity index (χ0) is 43.1. The maximum Gasteiger partial charge on any atom is 2.00 e. The molecule has 2 rings (SSSR count). The fourth-order valence-electron chi connectivity index (χ4n) is 4.19. The van der Waals surface area contributed by atoms with Crippen molar-refractivity contribution >= 4 is 47.5 Å². The van der Waals surface area contributed by atoms with Gasteiger partial charge in [-0.1, -0.05) is 0 Å². The third kappa shape index (κ3) is 30.4. The molecule has 0 spiro atoms. The Balaban J connectivity index is -0.000000847. The molecule has 0 saturated carbocycles. The first-order valence-corrected chi connectivity index (χ1v) is 17.2. The Kier molecular flexibility index (Phi) is 33.2. The van der Waals surface area contributed by atoms with Gasteiger partial charge >= 0.3 is 17.1 Å². The number of nitrogens with two attached hydrogens (primary N) is 4. The van der Waals surface area contributed by atoms with E-state index in [1.54, 1.807) is 0 Å². The van der Waals surface area contributed by atoms with Crippen LogP contribution in [0.1, 0.15) is 63.8 Å². The van der Waals surface area contributed by atoms with Crippen molar-refractivity contribution in [1.29, 1.82) is 0 Å². The molecule has 325 valence electrons. The molecular weight excluding hydrogens is 808 g/mol. The van der Waals surface area contributed by atoms with Crippen LogP contribution in [0, 0.1) is 0 Å². The number of hydrogen-bond acceptors (Lipinski definition) is 16. The molecule has 57 heavy (non-hydrogen) atoms. The number of nitrogens with zero attached hydrogens (tertiary/aromatic N) is 2. The van der Waals surface area contributed by atoms with E-state index in [0.717, 1.165) is 13.8 Å². The number of carbonyl (C=O) groups is 8. The zero-order valence-corrected chi connectivity index (χ0v) is 32.5. The second kappa shape index (κ2) is 33.8. The molecule has 0 aliphatic carbocycles. The number of nitrogens with one attached hydrogen (secondary N) is 6. The van der Waals surface area contributed by atoms with Crippen molar-refractivity contribution < 1.29 is 75.9 Å². The molecule has 24 nitrogen and oxygen atoms in total. The number of unbranched alkanes of at least 4 members (excludes halogenated alkanes) is 2. The molecule has 2 heterocycles. The first-order chi connectivity index (χ1) is 26.4. The minimum Gasteiger partial charge on any atom is -0.548 e. The smallest absolute Gasteiger partial charge is 0.548 e. The molecule has 1 unspecified atom stereocenters.